The predicted molar refractivity (Wildman–Crippen MR) is 93.1 cm³/mol. The molecule has 2 amide bonds. The molecule has 1 aromatic heterocycles. The summed E-state index contributed by atoms with van der Waals surface area (Å²) in [5.41, 5.74) is 0.861. The van der Waals surface area contributed by atoms with Crippen molar-refractivity contribution in [2.24, 2.45) is 5.92 Å². The van der Waals surface area contributed by atoms with Crippen molar-refractivity contribution in [3.05, 3.63) is 17.7 Å². The highest BCUT2D eigenvalue weighted by molar-refractivity contribution is 5.90. The molecule has 2 atom stereocenters. The molecular weight excluding hydrogens is 320 g/mol. The molecule has 7 heteroatoms. The molecule has 1 aromatic rings. The van der Waals surface area contributed by atoms with Crippen LogP contribution in [0.5, 0.6) is 0 Å². The third-order valence-electron chi connectivity index (χ3n) is 5.19. The smallest absolute Gasteiger partial charge is 0.287 e. The quantitative estimate of drug-likeness (QED) is 0.847. The minimum atomic E-state index is -0.191. The summed E-state index contributed by atoms with van der Waals surface area (Å²) in [4.78, 5) is 33.9. The summed E-state index contributed by atoms with van der Waals surface area (Å²) in [6.07, 6.45) is 6.18. The maximum Gasteiger partial charge on any atom is 0.287 e. The van der Waals surface area contributed by atoms with E-state index in [1.54, 1.807) is 6.20 Å². The van der Waals surface area contributed by atoms with Gasteiger partial charge in [-0.2, -0.15) is 0 Å². The summed E-state index contributed by atoms with van der Waals surface area (Å²) >= 11 is 0. The van der Waals surface area contributed by atoms with E-state index in [4.69, 9.17) is 4.74 Å². The summed E-state index contributed by atoms with van der Waals surface area (Å²) in [5, 5.41) is 3.00. The molecule has 3 rings (SSSR count). The van der Waals surface area contributed by atoms with E-state index in [2.05, 4.69) is 15.3 Å². The number of amides is 2. The minimum absolute atomic E-state index is 0.0206. The van der Waals surface area contributed by atoms with Crippen LogP contribution >= 0.6 is 0 Å². The van der Waals surface area contributed by atoms with Crippen LogP contribution in [0.3, 0.4) is 0 Å². The number of carbonyl (C=O) groups is 2. The molecule has 25 heavy (non-hydrogen) atoms. The Morgan fingerprint density at radius 3 is 2.72 bits per heavy atom. The number of nitrogens with zero attached hydrogens (tertiary/aromatic N) is 2. The van der Waals surface area contributed by atoms with Crippen molar-refractivity contribution in [3.8, 4) is 0 Å². The Morgan fingerprint density at radius 1 is 1.32 bits per heavy atom. The molecule has 2 aliphatic rings. The van der Waals surface area contributed by atoms with Crippen LogP contribution in [0.2, 0.25) is 0 Å². The molecule has 1 aliphatic heterocycles. The number of likely N-dealkylation sites (tertiary alicyclic amines) is 1. The summed E-state index contributed by atoms with van der Waals surface area (Å²) < 4.78 is 5.65. The third-order valence-corrected chi connectivity index (χ3v) is 5.19. The van der Waals surface area contributed by atoms with Gasteiger partial charge in [-0.25, -0.2) is 4.98 Å². The van der Waals surface area contributed by atoms with E-state index in [1.165, 1.54) is 0 Å². The largest absolute Gasteiger partial charge is 0.378 e. The van der Waals surface area contributed by atoms with Gasteiger partial charge in [0.05, 0.1) is 6.10 Å². The van der Waals surface area contributed by atoms with Crippen molar-refractivity contribution in [2.75, 3.05) is 19.7 Å². The highest BCUT2D eigenvalue weighted by Crippen LogP contribution is 2.29. The first-order valence-electron chi connectivity index (χ1n) is 9.29. The SMILES string of the molecule is CCOC1CCN(C(=O)[C@@H]2CC[C@H](NC(=O)c3ncc(C)[nH]3)C2)CC1. The molecule has 1 aliphatic carbocycles. The van der Waals surface area contributed by atoms with Gasteiger partial charge in [-0.05, 0) is 46.0 Å². The molecule has 0 bridgehead atoms. The monoisotopic (exact) mass is 348 g/mol. The molecule has 1 saturated heterocycles. The second-order valence-corrected chi connectivity index (χ2v) is 7.08. The first-order chi connectivity index (χ1) is 12.1. The molecule has 1 saturated carbocycles. The summed E-state index contributed by atoms with van der Waals surface area (Å²) in [5.74, 6) is 0.404. The number of piperidine rings is 1. The zero-order chi connectivity index (χ0) is 17.8. The first kappa shape index (κ1) is 17.9. The van der Waals surface area contributed by atoms with Crippen molar-refractivity contribution < 1.29 is 14.3 Å². The number of hydrogen-bond acceptors (Lipinski definition) is 4. The van der Waals surface area contributed by atoms with E-state index in [9.17, 15) is 9.59 Å². The van der Waals surface area contributed by atoms with Crippen LogP contribution in [-0.2, 0) is 9.53 Å². The van der Waals surface area contributed by atoms with Crippen LogP contribution < -0.4 is 5.32 Å². The van der Waals surface area contributed by atoms with Crippen LogP contribution in [-0.4, -0.2) is 58.5 Å². The Hall–Kier alpha value is -1.89. The highest BCUT2D eigenvalue weighted by Gasteiger charge is 2.35. The topological polar surface area (TPSA) is 87.3 Å². The molecule has 0 aromatic carbocycles. The first-order valence-corrected chi connectivity index (χ1v) is 9.29. The van der Waals surface area contributed by atoms with Gasteiger partial charge in [0.1, 0.15) is 0 Å². The lowest BCUT2D eigenvalue weighted by atomic mass is 10.0. The Labute approximate surface area is 148 Å². The number of H-pyrrole nitrogens is 1. The Kier molecular flexibility index (Phi) is 5.73. The molecule has 7 nitrogen and oxygen atoms in total. The zero-order valence-corrected chi connectivity index (χ0v) is 15.1. The fraction of sp³-hybridized carbons (Fsp3) is 0.722. The molecule has 0 radical (unpaired) electrons. The minimum Gasteiger partial charge on any atom is -0.378 e. The highest BCUT2D eigenvalue weighted by atomic mass is 16.5. The van der Waals surface area contributed by atoms with Gasteiger partial charge >= 0.3 is 0 Å². The van der Waals surface area contributed by atoms with Gasteiger partial charge in [0.2, 0.25) is 5.91 Å². The van der Waals surface area contributed by atoms with E-state index >= 15 is 0 Å². The fourth-order valence-corrected chi connectivity index (χ4v) is 3.86. The maximum atomic E-state index is 12.7. The van der Waals surface area contributed by atoms with Crippen LogP contribution in [0.25, 0.3) is 0 Å². The Balaban J connectivity index is 1.46. The molecule has 2 N–H and O–H groups in total. The van der Waals surface area contributed by atoms with Crippen molar-refractivity contribution >= 4 is 11.8 Å². The average Bonchev–Trinajstić information content (AvgIpc) is 3.24. The lowest BCUT2D eigenvalue weighted by Gasteiger charge is -2.33. The predicted octanol–water partition coefficient (Wildman–Crippen LogP) is 1.64. The molecule has 2 fully saturated rings. The molecule has 0 spiro atoms. The lowest BCUT2D eigenvalue weighted by Crippen LogP contribution is -2.43. The summed E-state index contributed by atoms with van der Waals surface area (Å²) in [6.45, 7) is 6.17. The van der Waals surface area contributed by atoms with Crippen LogP contribution in [0.4, 0.5) is 0 Å². The summed E-state index contributed by atoms with van der Waals surface area (Å²) in [7, 11) is 0. The number of aromatic amines is 1. The number of nitrogens with one attached hydrogen (secondary N) is 2. The summed E-state index contributed by atoms with van der Waals surface area (Å²) in [6, 6.07) is 0.0489. The fourth-order valence-electron chi connectivity index (χ4n) is 3.86. The van der Waals surface area contributed by atoms with Gasteiger partial charge in [-0.3, -0.25) is 9.59 Å². The standard InChI is InChI=1S/C18H28N4O3/c1-3-25-15-6-8-22(9-7-15)18(24)13-4-5-14(10-13)21-17(23)16-19-11-12(2)20-16/h11,13-15H,3-10H2,1-2H3,(H,19,20)(H,21,23)/t13-,14+/m1/s1. The zero-order valence-electron chi connectivity index (χ0n) is 15.1. The van der Waals surface area contributed by atoms with Gasteiger partial charge in [-0.15, -0.1) is 0 Å². The van der Waals surface area contributed by atoms with E-state index in [0.717, 1.165) is 57.5 Å². The van der Waals surface area contributed by atoms with Gasteiger partial charge < -0.3 is 19.9 Å². The number of rotatable bonds is 5. The van der Waals surface area contributed by atoms with Crippen LogP contribution in [0, 0.1) is 12.8 Å². The van der Waals surface area contributed by atoms with E-state index in [-0.39, 0.29) is 23.8 Å². The second kappa shape index (κ2) is 7.99. The van der Waals surface area contributed by atoms with Crippen LogP contribution in [0.1, 0.15) is 55.3 Å². The molecule has 2 heterocycles. The van der Waals surface area contributed by atoms with Crippen molar-refractivity contribution in [1.82, 2.24) is 20.2 Å². The normalized spacial score (nSPS) is 24.5. The Bertz CT molecular complexity index is 607. The van der Waals surface area contributed by atoms with E-state index in [1.807, 2.05) is 18.7 Å². The average molecular weight is 348 g/mol. The third kappa shape index (κ3) is 4.39. The van der Waals surface area contributed by atoms with E-state index in [0.29, 0.717) is 11.9 Å². The van der Waals surface area contributed by atoms with Gasteiger partial charge in [-0.1, -0.05) is 0 Å². The molecule has 0 unspecified atom stereocenters. The van der Waals surface area contributed by atoms with Crippen molar-refractivity contribution in [1.29, 1.82) is 0 Å². The number of carbonyl (C=O) groups excluding carboxylic acids is 2. The van der Waals surface area contributed by atoms with Crippen molar-refractivity contribution in [2.45, 2.75) is 58.1 Å². The van der Waals surface area contributed by atoms with Crippen LogP contribution in [0.15, 0.2) is 6.20 Å². The van der Waals surface area contributed by atoms with E-state index < -0.39 is 0 Å². The Morgan fingerprint density at radius 2 is 2.08 bits per heavy atom. The van der Waals surface area contributed by atoms with Gasteiger partial charge in [0.15, 0.2) is 5.82 Å². The van der Waals surface area contributed by atoms with Gasteiger partial charge in [0.25, 0.3) is 5.91 Å². The molecule has 138 valence electrons. The number of aryl methyl sites for hydroxylation is 1. The molecular formula is C18H28N4O3. The van der Waals surface area contributed by atoms with Crippen molar-refractivity contribution in [3.63, 3.8) is 0 Å². The number of imidazole rings is 1. The number of ether oxygens (including phenoxy) is 1. The lowest BCUT2D eigenvalue weighted by molar-refractivity contribution is -0.138. The maximum absolute atomic E-state index is 12.7. The van der Waals surface area contributed by atoms with Gasteiger partial charge in [0, 0.05) is 43.5 Å². The second-order valence-electron chi connectivity index (χ2n) is 7.08. The number of hydrogen-bond donors (Lipinski definition) is 2. The number of aromatic nitrogens is 2.